The van der Waals surface area contributed by atoms with Gasteiger partial charge in [0.25, 0.3) is 0 Å². The van der Waals surface area contributed by atoms with Crippen LogP contribution in [0.4, 0.5) is 0 Å². The third-order valence-corrected chi connectivity index (χ3v) is 6.68. The molecule has 0 unspecified atom stereocenters. The maximum absolute atomic E-state index is 12.8. The second-order valence-electron chi connectivity index (χ2n) is 9.52. The average Bonchev–Trinajstić information content (AvgIpc) is 3.06. The smallest absolute Gasteiger partial charge is 0.223 e. The maximum atomic E-state index is 12.8. The number of H-pyrrole nitrogens is 1. The first kappa shape index (κ1) is 20.3. The lowest BCUT2D eigenvalue weighted by Crippen LogP contribution is -2.67. The number of hydrogen-bond donors (Lipinski definition) is 2. The normalized spacial score (nSPS) is 29.8. The summed E-state index contributed by atoms with van der Waals surface area (Å²) in [7, 11) is 0. The van der Waals surface area contributed by atoms with Crippen molar-refractivity contribution in [3.63, 3.8) is 0 Å². The van der Waals surface area contributed by atoms with E-state index in [0.717, 1.165) is 50.5 Å². The zero-order valence-corrected chi connectivity index (χ0v) is 17.9. The maximum Gasteiger partial charge on any atom is 0.223 e. The standard InChI is InChI=1S/C21H34N6O2/c1-13(2)7-20(28)22-9-18-16-8-15(17-5-4-6-21(29)27(17)18)10-26(11-16)12-19-23-14(3)24-25-19/h13,15-18H,4-12H2,1-3H3,(H,22,28)(H,23,24,25)/t15-,16+,17+,18+/m1/s1. The molecule has 4 rings (SSSR count). The zero-order chi connectivity index (χ0) is 20.5. The quantitative estimate of drug-likeness (QED) is 0.752. The summed E-state index contributed by atoms with van der Waals surface area (Å²) >= 11 is 0. The van der Waals surface area contributed by atoms with Crippen LogP contribution in [-0.4, -0.2) is 68.5 Å². The van der Waals surface area contributed by atoms with E-state index in [1.165, 1.54) is 0 Å². The van der Waals surface area contributed by atoms with E-state index in [1.807, 2.05) is 6.92 Å². The molecule has 8 heteroatoms. The van der Waals surface area contributed by atoms with Crippen LogP contribution in [0.2, 0.25) is 0 Å². The highest BCUT2D eigenvalue weighted by atomic mass is 16.2. The van der Waals surface area contributed by atoms with E-state index in [-0.39, 0.29) is 17.9 Å². The summed E-state index contributed by atoms with van der Waals surface area (Å²) in [5.74, 6) is 3.26. The molecular formula is C21H34N6O2. The molecule has 0 spiro atoms. The Balaban J connectivity index is 1.49. The van der Waals surface area contributed by atoms with Gasteiger partial charge in [0.15, 0.2) is 5.82 Å². The van der Waals surface area contributed by atoms with Gasteiger partial charge in [-0.2, -0.15) is 5.10 Å². The summed E-state index contributed by atoms with van der Waals surface area (Å²) in [6.07, 6.45) is 4.38. The molecule has 0 aliphatic carbocycles. The molecule has 0 saturated carbocycles. The highest BCUT2D eigenvalue weighted by molar-refractivity contribution is 5.78. The number of fused-ring (bicyclic) bond motifs is 4. The third-order valence-electron chi connectivity index (χ3n) is 6.68. The monoisotopic (exact) mass is 402 g/mol. The molecule has 2 bridgehead atoms. The number of aromatic nitrogens is 3. The first-order chi connectivity index (χ1) is 13.9. The lowest BCUT2D eigenvalue weighted by molar-refractivity contribution is -0.153. The predicted octanol–water partition coefficient (Wildman–Crippen LogP) is 1.48. The van der Waals surface area contributed by atoms with E-state index in [0.29, 0.717) is 43.2 Å². The highest BCUT2D eigenvalue weighted by Gasteiger charge is 2.49. The fourth-order valence-electron chi connectivity index (χ4n) is 5.58. The number of hydrogen-bond acceptors (Lipinski definition) is 5. The van der Waals surface area contributed by atoms with E-state index >= 15 is 0 Å². The summed E-state index contributed by atoms with van der Waals surface area (Å²) < 4.78 is 0. The number of amides is 2. The van der Waals surface area contributed by atoms with Crippen molar-refractivity contribution in [2.24, 2.45) is 17.8 Å². The summed E-state index contributed by atoms with van der Waals surface area (Å²) in [4.78, 5) is 34.2. The van der Waals surface area contributed by atoms with Crippen LogP contribution in [0.25, 0.3) is 0 Å². The number of piperidine rings is 3. The van der Waals surface area contributed by atoms with Gasteiger partial charge >= 0.3 is 0 Å². The van der Waals surface area contributed by atoms with Crippen molar-refractivity contribution in [1.82, 2.24) is 30.3 Å². The number of likely N-dealkylation sites (tertiary alicyclic amines) is 1. The van der Waals surface area contributed by atoms with Gasteiger partial charge in [-0.15, -0.1) is 0 Å². The first-order valence-corrected chi connectivity index (χ1v) is 11.1. The molecule has 1 aromatic rings. The second kappa shape index (κ2) is 8.42. The minimum absolute atomic E-state index is 0.0898. The van der Waals surface area contributed by atoms with Crippen molar-refractivity contribution in [3.05, 3.63) is 11.6 Å². The Morgan fingerprint density at radius 3 is 2.83 bits per heavy atom. The number of rotatable bonds is 6. The minimum atomic E-state index is 0.0898. The lowest BCUT2D eigenvalue weighted by atomic mass is 9.72. The number of aryl methyl sites for hydroxylation is 1. The summed E-state index contributed by atoms with van der Waals surface area (Å²) in [6.45, 7) is 9.25. The molecule has 2 amide bonds. The Kier molecular flexibility index (Phi) is 5.90. The van der Waals surface area contributed by atoms with Crippen LogP contribution in [0.5, 0.6) is 0 Å². The van der Waals surface area contributed by atoms with E-state index < -0.39 is 0 Å². The molecule has 0 aromatic carbocycles. The lowest BCUT2D eigenvalue weighted by Gasteiger charge is -2.56. The van der Waals surface area contributed by atoms with E-state index in [2.05, 4.69) is 44.1 Å². The Labute approximate surface area is 172 Å². The Morgan fingerprint density at radius 2 is 2.10 bits per heavy atom. The van der Waals surface area contributed by atoms with Crippen molar-refractivity contribution >= 4 is 11.8 Å². The van der Waals surface area contributed by atoms with Gasteiger partial charge in [0, 0.05) is 38.5 Å². The van der Waals surface area contributed by atoms with E-state index in [4.69, 9.17) is 0 Å². The molecule has 0 radical (unpaired) electrons. The summed E-state index contributed by atoms with van der Waals surface area (Å²) in [6, 6.07) is 0.396. The summed E-state index contributed by atoms with van der Waals surface area (Å²) in [5.41, 5.74) is 0. The predicted molar refractivity (Wildman–Crippen MR) is 109 cm³/mol. The number of carbonyl (C=O) groups excluding carboxylic acids is 2. The van der Waals surface area contributed by atoms with Crippen molar-refractivity contribution in [3.8, 4) is 0 Å². The molecule has 3 fully saturated rings. The number of nitrogens with zero attached hydrogens (tertiary/aromatic N) is 4. The van der Waals surface area contributed by atoms with Gasteiger partial charge in [0.05, 0.1) is 12.6 Å². The van der Waals surface area contributed by atoms with Crippen molar-refractivity contribution in [1.29, 1.82) is 0 Å². The van der Waals surface area contributed by atoms with Gasteiger partial charge in [-0.25, -0.2) is 4.98 Å². The highest BCUT2D eigenvalue weighted by Crippen LogP contribution is 2.41. The fraction of sp³-hybridized carbons (Fsp3) is 0.810. The van der Waals surface area contributed by atoms with Crippen LogP contribution in [0.3, 0.4) is 0 Å². The van der Waals surface area contributed by atoms with E-state index in [1.54, 1.807) is 0 Å². The van der Waals surface area contributed by atoms with Gasteiger partial charge in [-0.05, 0) is 43.9 Å². The van der Waals surface area contributed by atoms with Gasteiger partial charge in [0.2, 0.25) is 11.8 Å². The van der Waals surface area contributed by atoms with Gasteiger partial charge in [-0.1, -0.05) is 13.8 Å². The molecular weight excluding hydrogens is 368 g/mol. The first-order valence-electron chi connectivity index (χ1n) is 11.1. The Morgan fingerprint density at radius 1 is 1.31 bits per heavy atom. The van der Waals surface area contributed by atoms with Crippen LogP contribution in [0.15, 0.2) is 0 Å². The number of carbonyl (C=O) groups is 2. The van der Waals surface area contributed by atoms with Crippen LogP contribution >= 0.6 is 0 Å². The van der Waals surface area contributed by atoms with Gasteiger partial charge in [-0.3, -0.25) is 19.6 Å². The molecule has 160 valence electrons. The molecule has 1 aromatic heterocycles. The van der Waals surface area contributed by atoms with Crippen LogP contribution in [0.1, 0.15) is 57.6 Å². The van der Waals surface area contributed by atoms with Crippen molar-refractivity contribution in [2.75, 3.05) is 19.6 Å². The zero-order valence-electron chi connectivity index (χ0n) is 17.9. The van der Waals surface area contributed by atoms with Crippen molar-refractivity contribution in [2.45, 2.75) is 71.5 Å². The fourth-order valence-corrected chi connectivity index (χ4v) is 5.58. The third kappa shape index (κ3) is 4.47. The average molecular weight is 403 g/mol. The molecule has 4 heterocycles. The molecule has 4 atom stereocenters. The molecule has 3 aliphatic heterocycles. The molecule has 29 heavy (non-hydrogen) atoms. The number of nitrogens with one attached hydrogen (secondary N) is 2. The van der Waals surface area contributed by atoms with E-state index in [9.17, 15) is 9.59 Å². The Bertz CT molecular complexity index is 747. The number of aromatic amines is 1. The molecule has 2 N–H and O–H groups in total. The van der Waals surface area contributed by atoms with Crippen LogP contribution in [-0.2, 0) is 16.1 Å². The topological polar surface area (TPSA) is 94.2 Å². The molecule has 3 aliphatic rings. The van der Waals surface area contributed by atoms with Crippen LogP contribution in [0, 0.1) is 24.7 Å². The SMILES string of the molecule is Cc1nc(CN2C[C@H]3C[C@@H](C2)[C@H](CNC(=O)CC(C)C)N2C(=O)CCC[C@@H]32)n[nH]1. The molecule has 8 nitrogen and oxygen atoms in total. The van der Waals surface area contributed by atoms with Crippen molar-refractivity contribution < 1.29 is 9.59 Å². The Hall–Kier alpha value is -1.96. The molecule has 3 saturated heterocycles. The van der Waals surface area contributed by atoms with Gasteiger partial charge < -0.3 is 10.2 Å². The van der Waals surface area contributed by atoms with Gasteiger partial charge in [0.1, 0.15) is 5.82 Å². The minimum Gasteiger partial charge on any atom is -0.354 e. The largest absolute Gasteiger partial charge is 0.354 e. The summed E-state index contributed by atoms with van der Waals surface area (Å²) in [5, 5.41) is 10.4. The van der Waals surface area contributed by atoms with Crippen LogP contribution < -0.4 is 5.32 Å². The second-order valence-corrected chi connectivity index (χ2v) is 9.52.